The van der Waals surface area contributed by atoms with Gasteiger partial charge in [0.2, 0.25) is 5.91 Å². The molecule has 1 saturated heterocycles. The van der Waals surface area contributed by atoms with Gasteiger partial charge < -0.3 is 19.4 Å². The zero-order chi connectivity index (χ0) is 21.0. The number of carbonyl (C=O) groups is 3. The Morgan fingerprint density at radius 1 is 1.34 bits per heavy atom. The Balaban J connectivity index is 1.55. The number of carbonyl (C=O) groups excluding carboxylic acids is 3. The highest BCUT2D eigenvalue weighted by Gasteiger charge is 2.37. The molecular weight excluding hydrogens is 382 g/mol. The standard InChI is InChI=1S/C19H19N3O7/c1-12(18(24)20-15-6-2-3-7-16(15)22(26)27)29-19(25)13-9-17(23)21(10-13)11-14-5-4-8-28-14/h2-8,12-13H,9-11H2,1H3,(H,20,24)/t12-,13-/m1/s1. The largest absolute Gasteiger partial charge is 0.467 e. The number of para-hydroxylation sites is 2. The van der Waals surface area contributed by atoms with Crippen LogP contribution in [-0.2, 0) is 25.7 Å². The Morgan fingerprint density at radius 3 is 2.79 bits per heavy atom. The minimum Gasteiger partial charge on any atom is -0.467 e. The van der Waals surface area contributed by atoms with Crippen LogP contribution in [0.5, 0.6) is 0 Å². The van der Waals surface area contributed by atoms with E-state index in [4.69, 9.17) is 9.15 Å². The Hall–Kier alpha value is -3.69. The van der Waals surface area contributed by atoms with Crippen LogP contribution in [0, 0.1) is 16.0 Å². The number of likely N-dealkylation sites (tertiary alicyclic amines) is 1. The third-order valence-corrected chi connectivity index (χ3v) is 4.50. The lowest BCUT2D eigenvalue weighted by atomic mass is 10.1. The highest BCUT2D eigenvalue weighted by atomic mass is 16.6. The van der Waals surface area contributed by atoms with Crippen molar-refractivity contribution < 1.29 is 28.5 Å². The highest BCUT2D eigenvalue weighted by molar-refractivity contribution is 5.97. The van der Waals surface area contributed by atoms with Crippen LogP contribution in [0.1, 0.15) is 19.1 Å². The summed E-state index contributed by atoms with van der Waals surface area (Å²) in [6, 6.07) is 9.09. The second-order valence-corrected chi connectivity index (χ2v) is 6.60. The lowest BCUT2D eigenvalue weighted by Gasteiger charge is -2.17. The number of nitrogens with one attached hydrogen (secondary N) is 1. The van der Waals surface area contributed by atoms with Gasteiger partial charge in [-0.1, -0.05) is 12.1 Å². The van der Waals surface area contributed by atoms with E-state index in [1.165, 1.54) is 42.4 Å². The van der Waals surface area contributed by atoms with Crippen LogP contribution < -0.4 is 5.32 Å². The van der Waals surface area contributed by atoms with E-state index >= 15 is 0 Å². The van der Waals surface area contributed by atoms with Crippen LogP contribution in [0.2, 0.25) is 0 Å². The maximum absolute atomic E-state index is 12.4. The van der Waals surface area contributed by atoms with Gasteiger partial charge in [0.15, 0.2) is 6.10 Å². The van der Waals surface area contributed by atoms with Crippen molar-refractivity contribution in [3.8, 4) is 0 Å². The molecule has 10 heteroatoms. The second kappa shape index (κ2) is 8.55. The maximum atomic E-state index is 12.4. The van der Waals surface area contributed by atoms with Crippen LogP contribution in [0.3, 0.4) is 0 Å². The van der Waals surface area contributed by atoms with E-state index in [0.717, 1.165) is 0 Å². The predicted octanol–water partition coefficient (Wildman–Crippen LogP) is 2.11. The first-order valence-electron chi connectivity index (χ1n) is 8.90. The number of benzene rings is 1. The molecule has 2 heterocycles. The number of furan rings is 1. The average Bonchev–Trinajstić information content (AvgIpc) is 3.32. The Kier molecular flexibility index (Phi) is 5.91. The smallest absolute Gasteiger partial charge is 0.312 e. The minimum atomic E-state index is -1.18. The molecule has 3 rings (SSSR count). The summed E-state index contributed by atoms with van der Waals surface area (Å²) in [6.45, 7) is 1.78. The molecule has 1 aromatic carbocycles. The fourth-order valence-electron chi connectivity index (χ4n) is 2.97. The summed E-state index contributed by atoms with van der Waals surface area (Å²) >= 11 is 0. The quantitative estimate of drug-likeness (QED) is 0.427. The van der Waals surface area contributed by atoms with Crippen LogP contribution in [-0.4, -0.2) is 40.3 Å². The van der Waals surface area contributed by atoms with Crippen LogP contribution in [0.4, 0.5) is 11.4 Å². The van der Waals surface area contributed by atoms with Gasteiger partial charge in [0.1, 0.15) is 11.4 Å². The molecule has 1 aliphatic heterocycles. The number of nitrogens with zero attached hydrogens (tertiary/aromatic N) is 2. The molecular formula is C19H19N3O7. The van der Waals surface area contributed by atoms with Gasteiger partial charge in [-0.15, -0.1) is 0 Å². The lowest BCUT2D eigenvalue weighted by molar-refractivity contribution is -0.383. The van der Waals surface area contributed by atoms with Gasteiger partial charge in [-0.2, -0.15) is 0 Å². The molecule has 1 fully saturated rings. The van der Waals surface area contributed by atoms with Crippen molar-refractivity contribution in [1.29, 1.82) is 0 Å². The van der Waals surface area contributed by atoms with Crippen LogP contribution in [0.15, 0.2) is 47.1 Å². The van der Waals surface area contributed by atoms with Crippen LogP contribution >= 0.6 is 0 Å². The lowest BCUT2D eigenvalue weighted by Crippen LogP contribution is -2.33. The van der Waals surface area contributed by atoms with Crippen molar-refractivity contribution in [2.75, 3.05) is 11.9 Å². The van der Waals surface area contributed by atoms with Crippen molar-refractivity contribution in [2.45, 2.75) is 26.0 Å². The van der Waals surface area contributed by atoms with Gasteiger partial charge in [0, 0.05) is 19.0 Å². The van der Waals surface area contributed by atoms with Gasteiger partial charge in [-0.3, -0.25) is 24.5 Å². The van der Waals surface area contributed by atoms with Crippen LogP contribution in [0.25, 0.3) is 0 Å². The Labute approximate surface area is 165 Å². The molecule has 1 N–H and O–H groups in total. The molecule has 10 nitrogen and oxygen atoms in total. The van der Waals surface area contributed by atoms with E-state index in [-0.39, 0.29) is 36.8 Å². The second-order valence-electron chi connectivity index (χ2n) is 6.60. The molecule has 0 aliphatic carbocycles. The SMILES string of the molecule is C[C@@H](OC(=O)[C@@H]1CC(=O)N(Cc2ccco2)C1)C(=O)Nc1ccccc1[N+](=O)[O-]. The number of esters is 1. The number of nitro groups is 1. The van der Waals surface area contributed by atoms with Gasteiger partial charge in [-0.05, 0) is 25.1 Å². The van der Waals surface area contributed by atoms with Gasteiger partial charge >= 0.3 is 5.97 Å². The fraction of sp³-hybridized carbons (Fsp3) is 0.316. The van der Waals surface area contributed by atoms with Crippen molar-refractivity contribution in [3.63, 3.8) is 0 Å². The van der Waals surface area contributed by atoms with Crippen molar-refractivity contribution in [1.82, 2.24) is 4.90 Å². The highest BCUT2D eigenvalue weighted by Crippen LogP contribution is 2.24. The Bertz CT molecular complexity index is 926. The van der Waals surface area contributed by atoms with Gasteiger partial charge in [-0.25, -0.2) is 0 Å². The van der Waals surface area contributed by atoms with E-state index in [1.54, 1.807) is 12.1 Å². The summed E-state index contributed by atoms with van der Waals surface area (Å²) in [4.78, 5) is 48.7. The average molecular weight is 401 g/mol. The van der Waals surface area contributed by atoms with E-state index < -0.39 is 28.8 Å². The number of hydrogen-bond donors (Lipinski definition) is 1. The first kappa shape index (κ1) is 20.1. The number of nitro benzene ring substituents is 1. The molecule has 1 aromatic heterocycles. The third kappa shape index (κ3) is 4.78. The maximum Gasteiger partial charge on any atom is 0.312 e. The van der Waals surface area contributed by atoms with Gasteiger partial charge in [0.25, 0.3) is 11.6 Å². The molecule has 0 radical (unpaired) electrons. The van der Waals surface area contributed by atoms with Crippen molar-refractivity contribution in [3.05, 3.63) is 58.5 Å². The first-order valence-corrected chi connectivity index (χ1v) is 8.90. The number of rotatable bonds is 7. The molecule has 2 amide bonds. The topological polar surface area (TPSA) is 132 Å². The van der Waals surface area contributed by atoms with E-state index in [2.05, 4.69) is 5.32 Å². The summed E-state index contributed by atoms with van der Waals surface area (Å²) in [5.41, 5.74) is -0.264. The zero-order valence-electron chi connectivity index (χ0n) is 15.6. The molecule has 152 valence electrons. The molecule has 0 spiro atoms. The van der Waals surface area contributed by atoms with E-state index in [1.807, 2.05) is 0 Å². The molecule has 2 atom stereocenters. The monoisotopic (exact) mass is 401 g/mol. The number of hydrogen-bond acceptors (Lipinski definition) is 7. The summed E-state index contributed by atoms with van der Waals surface area (Å²) in [5, 5.41) is 13.4. The molecule has 1 aliphatic rings. The molecule has 29 heavy (non-hydrogen) atoms. The predicted molar refractivity (Wildman–Crippen MR) is 99.5 cm³/mol. The molecule has 0 unspecified atom stereocenters. The van der Waals surface area contributed by atoms with E-state index in [9.17, 15) is 24.5 Å². The molecule has 0 saturated carbocycles. The molecule has 0 bridgehead atoms. The van der Waals surface area contributed by atoms with Crippen molar-refractivity contribution >= 4 is 29.2 Å². The Morgan fingerprint density at radius 2 is 2.10 bits per heavy atom. The third-order valence-electron chi connectivity index (χ3n) is 4.50. The first-order chi connectivity index (χ1) is 13.8. The molecule has 2 aromatic rings. The fourth-order valence-corrected chi connectivity index (χ4v) is 2.97. The summed E-state index contributed by atoms with van der Waals surface area (Å²) in [6.07, 6.45) is 0.299. The van der Waals surface area contributed by atoms with E-state index in [0.29, 0.717) is 5.76 Å². The van der Waals surface area contributed by atoms with Gasteiger partial charge in [0.05, 0.1) is 23.6 Å². The normalized spacial score (nSPS) is 17.1. The number of anilines is 1. The summed E-state index contributed by atoms with van der Waals surface area (Å²) < 4.78 is 10.4. The number of ether oxygens (including phenoxy) is 1. The summed E-state index contributed by atoms with van der Waals surface area (Å²) in [7, 11) is 0. The number of amides is 2. The van der Waals surface area contributed by atoms with Crippen molar-refractivity contribution in [2.24, 2.45) is 5.92 Å². The zero-order valence-corrected chi connectivity index (χ0v) is 15.6. The minimum absolute atomic E-state index is 0.00562. The summed E-state index contributed by atoms with van der Waals surface area (Å²) in [5.74, 6) is -1.68.